The van der Waals surface area contributed by atoms with Crippen LogP contribution < -0.4 is 9.47 Å². The second-order valence-corrected chi connectivity index (χ2v) is 10.6. The van der Waals surface area contributed by atoms with E-state index in [4.69, 9.17) is 9.47 Å². The second-order valence-electron chi connectivity index (χ2n) is 10.6. The Morgan fingerprint density at radius 3 is 2.43 bits per heavy atom. The molecule has 3 aliphatic rings. The zero-order chi connectivity index (χ0) is 25.8. The Hall–Kier alpha value is -3.68. The van der Waals surface area contributed by atoms with Gasteiger partial charge in [0.1, 0.15) is 12.2 Å². The molecule has 8 heteroatoms. The Morgan fingerprint density at radius 1 is 1.00 bits per heavy atom. The summed E-state index contributed by atoms with van der Waals surface area (Å²) in [4.78, 5) is 41.1. The topological polar surface area (TPSA) is 90.7 Å². The first kappa shape index (κ1) is 23.7. The summed E-state index contributed by atoms with van der Waals surface area (Å²) in [6, 6.07) is 13.6. The lowest BCUT2D eigenvalue weighted by molar-refractivity contribution is -0.139. The third kappa shape index (κ3) is 4.18. The molecule has 1 aliphatic heterocycles. The molecule has 0 unspecified atom stereocenters. The van der Waals surface area contributed by atoms with Crippen molar-refractivity contribution in [1.82, 2.24) is 14.7 Å². The Labute approximate surface area is 215 Å². The molecule has 2 aromatic carbocycles. The number of carbonyl (C=O) groups is 3. The van der Waals surface area contributed by atoms with E-state index in [0.717, 1.165) is 19.3 Å². The number of Topliss-reactive ketones (excluding diaryl/α,β-unsaturated/α-hetero) is 2. The molecule has 8 nitrogen and oxygen atoms in total. The van der Waals surface area contributed by atoms with Crippen molar-refractivity contribution in [3.05, 3.63) is 53.7 Å². The summed E-state index contributed by atoms with van der Waals surface area (Å²) in [7, 11) is 3.07. The van der Waals surface area contributed by atoms with Gasteiger partial charge in [-0.15, -0.1) is 0 Å². The summed E-state index contributed by atoms with van der Waals surface area (Å²) < 4.78 is 12.4. The van der Waals surface area contributed by atoms with E-state index in [1.54, 1.807) is 16.8 Å². The zero-order valence-electron chi connectivity index (χ0n) is 21.3. The van der Waals surface area contributed by atoms with Gasteiger partial charge in [0, 0.05) is 30.8 Å². The van der Waals surface area contributed by atoms with Crippen LogP contribution in [0.3, 0.4) is 0 Å². The molecule has 3 aromatic rings. The predicted molar refractivity (Wildman–Crippen MR) is 137 cm³/mol. The Kier molecular flexibility index (Phi) is 5.77. The number of nitrogens with zero attached hydrogens (tertiary/aromatic N) is 3. The first-order valence-corrected chi connectivity index (χ1v) is 12.9. The summed E-state index contributed by atoms with van der Waals surface area (Å²) in [5.74, 6) is 2.04. The minimum Gasteiger partial charge on any atom is -0.493 e. The van der Waals surface area contributed by atoms with Crippen LogP contribution >= 0.6 is 0 Å². The quantitative estimate of drug-likeness (QED) is 0.412. The third-order valence-electron chi connectivity index (χ3n) is 8.25. The lowest BCUT2D eigenvalue weighted by atomic mass is 10.00. The van der Waals surface area contributed by atoms with Crippen LogP contribution in [0.2, 0.25) is 0 Å². The molecule has 0 spiro atoms. The fourth-order valence-electron chi connectivity index (χ4n) is 6.17. The van der Waals surface area contributed by atoms with Gasteiger partial charge in [-0.2, -0.15) is 5.10 Å². The van der Waals surface area contributed by atoms with Gasteiger partial charge in [0.2, 0.25) is 5.91 Å². The SMILES string of the molecule is COc1cc2c(C(C)=O)nn(CC(=O)N3[C@@H]4C[C@@H]4C[C@H]3C(=O)C[C@@H]3C[C@H]3c3ccccc3)c2cc1OC. The summed E-state index contributed by atoms with van der Waals surface area (Å²) in [5.41, 5.74) is 2.19. The van der Waals surface area contributed by atoms with Crippen LogP contribution in [0.25, 0.3) is 10.9 Å². The number of hydrogen-bond donors (Lipinski definition) is 0. The van der Waals surface area contributed by atoms with Crippen LogP contribution in [0.15, 0.2) is 42.5 Å². The van der Waals surface area contributed by atoms with Gasteiger partial charge in [0.25, 0.3) is 0 Å². The van der Waals surface area contributed by atoms with Crippen molar-refractivity contribution in [2.75, 3.05) is 14.2 Å². The van der Waals surface area contributed by atoms with E-state index in [2.05, 4.69) is 17.2 Å². The van der Waals surface area contributed by atoms with Crippen LogP contribution in [0.4, 0.5) is 0 Å². The van der Waals surface area contributed by atoms with Gasteiger partial charge < -0.3 is 14.4 Å². The molecule has 0 radical (unpaired) electrons. The molecule has 0 N–H and O–H groups in total. The summed E-state index contributed by atoms with van der Waals surface area (Å²) >= 11 is 0. The largest absolute Gasteiger partial charge is 0.493 e. The molecule has 2 heterocycles. The van der Waals surface area contributed by atoms with Crippen LogP contribution in [0, 0.1) is 11.8 Å². The van der Waals surface area contributed by atoms with Crippen molar-refractivity contribution < 1.29 is 23.9 Å². The molecule has 2 saturated carbocycles. The predicted octanol–water partition coefficient (Wildman–Crippen LogP) is 4.01. The number of rotatable bonds is 9. The summed E-state index contributed by atoms with van der Waals surface area (Å²) in [5, 5.41) is 5.09. The van der Waals surface area contributed by atoms with Crippen LogP contribution in [-0.2, 0) is 16.1 Å². The number of benzene rings is 2. The average molecular weight is 502 g/mol. The fourth-order valence-corrected chi connectivity index (χ4v) is 6.17. The van der Waals surface area contributed by atoms with Crippen LogP contribution in [0.1, 0.15) is 54.6 Å². The molecule has 0 bridgehead atoms. The van der Waals surface area contributed by atoms with Gasteiger partial charge in [0.05, 0.1) is 25.8 Å². The Balaban J connectivity index is 1.21. The molecule has 6 rings (SSSR count). The van der Waals surface area contributed by atoms with Crippen molar-refractivity contribution >= 4 is 28.4 Å². The highest BCUT2D eigenvalue weighted by Gasteiger charge is 2.56. The number of carbonyl (C=O) groups excluding carboxylic acids is 3. The van der Waals surface area contributed by atoms with Gasteiger partial charge in [-0.25, -0.2) is 0 Å². The number of fused-ring (bicyclic) bond motifs is 2. The molecule has 3 fully saturated rings. The van der Waals surface area contributed by atoms with E-state index in [1.807, 2.05) is 23.1 Å². The minimum absolute atomic E-state index is 0.0394. The maximum absolute atomic E-state index is 13.6. The third-order valence-corrected chi connectivity index (χ3v) is 8.25. The monoisotopic (exact) mass is 501 g/mol. The average Bonchev–Trinajstić information content (AvgIpc) is 3.78. The van der Waals surface area contributed by atoms with Gasteiger partial charge in [-0.3, -0.25) is 19.1 Å². The van der Waals surface area contributed by atoms with Crippen molar-refractivity contribution in [2.45, 2.75) is 57.2 Å². The van der Waals surface area contributed by atoms with E-state index in [0.29, 0.717) is 46.6 Å². The fraction of sp³-hybridized carbons (Fsp3) is 0.448. The number of aromatic nitrogens is 2. The summed E-state index contributed by atoms with van der Waals surface area (Å²) in [6.45, 7) is 1.41. The van der Waals surface area contributed by atoms with Gasteiger partial charge in [-0.1, -0.05) is 30.3 Å². The van der Waals surface area contributed by atoms with Gasteiger partial charge in [-0.05, 0) is 48.6 Å². The van der Waals surface area contributed by atoms with Crippen molar-refractivity contribution in [3.63, 3.8) is 0 Å². The van der Waals surface area contributed by atoms with Crippen LogP contribution in [0.5, 0.6) is 11.5 Å². The molecule has 5 atom stereocenters. The standard InChI is InChI=1S/C29H31N3O5/c1-16(33)29-21-13-26(36-2)27(37-3)14-23(21)31(30-29)15-28(35)32-22-10-19(22)11-24(32)25(34)12-18-9-20(18)17-7-5-4-6-8-17/h4-8,13-14,18-20,22,24H,9-12,15H2,1-3H3/t18-,19+,20-,22+,24-/m0/s1. The highest BCUT2D eigenvalue weighted by atomic mass is 16.5. The van der Waals surface area contributed by atoms with Gasteiger partial charge >= 0.3 is 0 Å². The minimum atomic E-state index is -0.364. The maximum Gasteiger partial charge on any atom is 0.245 e. The Bertz CT molecular complexity index is 1400. The maximum atomic E-state index is 13.6. The van der Waals surface area contributed by atoms with E-state index >= 15 is 0 Å². The first-order chi connectivity index (χ1) is 17.9. The van der Waals surface area contributed by atoms with Crippen molar-refractivity contribution in [3.8, 4) is 11.5 Å². The number of ether oxygens (including phenoxy) is 2. The number of hydrogen-bond acceptors (Lipinski definition) is 6. The van der Waals surface area contributed by atoms with Crippen LogP contribution in [-0.4, -0.2) is 58.5 Å². The molecule has 192 valence electrons. The van der Waals surface area contributed by atoms with E-state index in [-0.39, 0.29) is 41.8 Å². The van der Waals surface area contributed by atoms with E-state index in [1.165, 1.54) is 26.7 Å². The first-order valence-electron chi connectivity index (χ1n) is 12.9. The molecule has 1 amide bonds. The molecule has 1 aromatic heterocycles. The number of ketones is 2. The molecule has 1 saturated heterocycles. The molecular weight excluding hydrogens is 470 g/mol. The number of methoxy groups -OCH3 is 2. The van der Waals surface area contributed by atoms with E-state index in [9.17, 15) is 14.4 Å². The molecular formula is C29H31N3O5. The van der Waals surface area contributed by atoms with Crippen molar-refractivity contribution in [2.24, 2.45) is 11.8 Å². The highest BCUT2D eigenvalue weighted by Crippen LogP contribution is 2.52. The molecule has 37 heavy (non-hydrogen) atoms. The van der Waals surface area contributed by atoms with Gasteiger partial charge in [0.15, 0.2) is 23.1 Å². The number of piperidine rings is 1. The van der Waals surface area contributed by atoms with E-state index < -0.39 is 0 Å². The summed E-state index contributed by atoms with van der Waals surface area (Å²) in [6.07, 6.45) is 3.25. The Morgan fingerprint density at radius 2 is 1.73 bits per heavy atom. The highest BCUT2D eigenvalue weighted by molar-refractivity contribution is 6.06. The number of amides is 1. The second kappa shape index (κ2) is 9.01. The lowest BCUT2D eigenvalue weighted by Gasteiger charge is -2.27. The smallest absolute Gasteiger partial charge is 0.245 e. The van der Waals surface area contributed by atoms with Crippen molar-refractivity contribution in [1.29, 1.82) is 0 Å². The lowest BCUT2D eigenvalue weighted by Crippen LogP contribution is -2.44. The zero-order valence-corrected chi connectivity index (χ0v) is 21.3. The normalized spacial score (nSPS) is 25.6. The molecule has 2 aliphatic carbocycles. The number of likely N-dealkylation sites (tertiary alicyclic amines) is 1.